The van der Waals surface area contributed by atoms with Gasteiger partial charge >= 0.3 is 5.69 Å². The maximum Gasteiger partial charge on any atom is 0.329 e. The Kier molecular flexibility index (Phi) is 3.95. The fraction of sp³-hybridized carbons (Fsp3) is 0.500. The van der Waals surface area contributed by atoms with Gasteiger partial charge in [0, 0.05) is 13.5 Å². The molecule has 2 aliphatic rings. The molecule has 1 atom stereocenters. The van der Waals surface area contributed by atoms with Gasteiger partial charge in [0.2, 0.25) is 11.8 Å². The van der Waals surface area contributed by atoms with Crippen molar-refractivity contribution in [2.45, 2.75) is 37.6 Å². The van der Waals surface area contributed by atoms with E-state index in [2.05, 4.69) is 22.8 Å². The first-order valence-electron chi connectivity index (χ1n) is 8.81. The Hall–Kier alpha value is -2.41. The molecule has 3 heterocycles. The van der Waals surface area contributed by atoms with Crippen LogP contribution in [0.5, 0.6) is 0 Å². The average Bonchev–Trinajstić information content (AvgIpc) is 2.87. The molecule has 2 fully saturated rings. The van der Waals surface area contributed by atoms with Crippen LogP contribution in [0, 0.1) is 0 Å². The van der Waals surface area contributed by atoms with E-state index in [1.165, 1.54) is 10.1 Å². The lowest BCUT2D eigenvalue weighted by atomic mass is 9.90. The van der Waals surface area contributed by atoms with Gasteiger partial charge < -0.3 is 5.32 Å². The Morgan fingerprint density at radius 2 is 1.80 bits per heavy atom. The number of hydrogen-bond acceptors (Lipinski definition) is 4. The van der Waals surface area contributed by atoms with Crippen molar-refractivity contribution in [1.29, 1.82) is 0 Å². The van der Waals surface area contributed by atoms with Gasteiger partial charge in [-0.15, -0.1) is 0 Å². The highest BCUT2D eigenvalue weighted by molar-refractivity contribution is 6.00. The molecule has 2 saturated heterocycles. The molecule has 2 aromatic rings. The summed E-state index contributed by atoms with van der Waals surface area (Å²) in [4.78, 5) is 36.4. The zero-order valence-corrected chi connectivity index (χ0v) is 14.2. The summed E-state index contributed by atoms with van der Waals surface area (Å²) in [5, 5.41) is 5.70. The van der Waals surface area contributed by atoms with Gasteiger partial charge in [-0.1, -0.05) is 6.07 Å². The molecule has 1 aromatic heterocycles. The lowest BCUT2D eigenvalue weighted by Crippen LogP contribution is -2.44. The second-order valence-electron chi connectivity index (χ2n) is 6.95. The van der Waals surface area contributed by atoms with Crippen LogP contribution < -0.4 is 16.3 Å². The lowest BCUT2D eigenvalue weighted by molar-refractivity contribution is -0.135. The maximum absolute atomic E-state index is 12.8. The van der Waals surface area contributed by atoms with Gasteiger partial charge in [0.25, 0.3) is 0 Å². The van der Waals surface area contributed by atoms with Crippen molar-refractivity contribution in [3.8, 4) is 0 Å². The second kappa shape index (κ2) is 6.15. The van der Waals surface area contributed by atoms with Crippen LogP contribution in [0.2, 0.25) is 0 Å². The van der Waals surface area contributed by atoms with E-state index in [4.69, 9.17) is 0 Å². The quantitative estimate of drug-likeness (QED) is 0.790. The number of piperidine rings is 2. The number of aryl methyl sites for hydroxylation is 1. The predicted molar refractivity (Wildman–Crippen MR) is 93.4 cm³/mol. The molecule has 0 aliphatic carbocycles. The summed E-state index contributed by atoms with van der Waals surface area (Å²) in [5.74, 6) is -0.171. The number of aromatic nitrogens is 2. The molecule has 132 valence electrons. The van der Waals surface area contributed by atoms with Crippen molar-refractivity contribution in [1.82, 2.24) is 19.8 Å². The first-order valence-corrected chi connectivity index (χ1v) is 8.81. The molecule has 0 spiro atoms. The van der Waals surface area contributed by atoms with Crippen molar-refractivity contribution in [3.05, 3.63) is 34.2 Å². The zero-order valence-electron chi connectivity index (χ0n) is 14.2. The van der Waals surface area contributed by atoms with Gasteiger partial charge in [0.1, 0.15) is 6.04 Å². The number of nitrogens with one attached hydrogen (secondary N) is 2. The number of hydrogen-bond donors (Lipinski definition) is 2. The molecule has 7 heteroatoms. The number of nitrogens with zero attached hydrogens (tertiary/aromatic N) is 2. The second-order valence-corrected chi connectivity index (χ2v) is 6.95. The summed E-state index contributed by atoms with van der Waals surface area (Å²) in [6, 6.07) is 5.46. The summed E-state index contributed by atoms with van der Waals surface area (Å²) in [6.45, 7) is 2.03. The van der Waals surface area contributed by atoms with Crippen LogP contribution >= 0.6 is 0 Å². The molecule has 0 unspecified atom stereocenters. The van der Waals surface area contributed by atoms with E-state index >= 15 is 0 Å². The fourth-order valence-corrected chi connectivity index (χ4v) is 4.02. The van der Waals surface area contributed by atoms with Crippen LogP contribution in [0.3, 0.4) is 0 Å². The van der Waals surface area contributed by atoms with E-state index in [9.17, 15) is 14.4 Å². The van der Waals surface area contributed by atoms with E-state index in [1.807, 2.05) is 6.07 Å². The monoisotopic (exact) mass is 342 g/mol. The van der Waals surface area contributed by atoms with Crippen LogP contribution in [0.4, 0.5) is 0 Å². The summed E-state index contributed by atoms with van der Waals surface area (Å²) in [5.41, 5.74) is 2.61. The third-order valence-corrected chi connectivity index (χ3v) is 5.45. The van der Waals surface area contributed by atoms with Crippen molar-refractivity contribution < 1.29 is 9.59 Å². The largest absolute Gasteiger partial charge is 0.329 e. The summed E-state index contributed by atoms with van der Waals surface area (Å²) in [6.07, 6.45) is 2.80. The highest BCUT2D eigenvalue weighted by atomic mass is 16.2. The maximum atomic E-state index is 12.8. The lowest BCUT2D eigenvalue weighted by Gasteiger charge is -2.23. The first kappa shape index (κ1) is 16.1. The van der Waals surface area contributed by atoms with E-state index in [0.717, 1.165) is 37.0 Å². The summed E-state index contributed by atoms with van der Waals surface area (Å²) in [7, 11) is 1.74. The van der Waals surface area contributed by atoms with Crippen molar-refractivity contribution in [2.24, 2.45) is 7.05 Å². The predicted octanol–water partition coefficient (Wildman–Crippen LogP) is 0.785. The van der Waals surface area contributed by atoms with Gasteiger partial charge in [-0.05, 0) is 56.0 Å². The van der Waals surface area contributed by atoms with Gasteiger partial charge in [-0.2, -0.15) is 0 Å². The topological polar surface area (TPSA) is 85.1 Å². The number of benzene rings is 1. The van der Waals surface area contributed by atoms with Crippen molar-refractivity contribution >= 4 is 22.8 Å². The Morgan fingerprint density at radius 3 is 2.52 bits per heavy atom. The standard InChI is InChI=1S/C18H22N4O3/c1-21-15-10-12(11-6-8-19-9-7-11)2-3-13(15)22(18(21)25)14-4-5-16(23)20-17(14)24/h2-3,10-11,14,19H,4-9H2,1H3,(H,20,23,24)/t14-/m1/s1. The molecule has 0 radical (unpaired) electrons. The van der Waals surface area contributed by atoms with Crippen LogP contribution in [0.25, 0.3) is 11.0 Å². The van der Waals surface area contributed by atoms with E-state index in [1.54, 1.807) is 11.6 Å². The Bertz CT molecular complexity index is 905. The first-order chi connectivity index (χ1) is 12.1. The van der Waals surface area contributed by atoms with Crippen LogP contribution in [-0.2, 0) is 16.6 Å². The molecule has 4 rings (SSSR count). The number of amides is 2. The smallest absolute Gasteiger partial charge is 0.317 e. The zero-order chi connectivity index (χ0) is 17.6. The third-order valence-electron chi connectivity index (χ3n) is 5.45. The number of imidazole rings is 1. The Morgan fingerprint density at radius 1 is 1.04 bits per heavy atom. The van der Waals surface area contributed by atoms with Crippen molar-refractivity contribution in [3.63, 3.8) is 0 Å². The van der Waals surface area contributed by atoms with Gasteiger partial charge in [0.05, 0.1) is 11.0 Å². The van der Waals surface area contributed by atoms with E-state index in [0.29, 0.717) is 12.3 Å². The molecule has 0 saturated carbocycles. The summed E-state index contributed by atoms with van der Waals surface area (Å²) < 4.78 is 3.13. The van der Waals surface area contributed by atoms with E-state index in [-0.39, 0.29) is 18.0 Å². The molecule has 2 aliphatic heterocycles. The van der Waals surface area contributed by atoms with E-state index < -0.39 is 11.9 Å². The molecular weight excluding hydrogens is 320 g/mol. The fourth-order valence-electron chi connectivity index (χ4n) is 4.02. The molecule has 2 N–H and O–H groups in total. The molecule has 7 nitrogen and oxygen atoms in total. The minimum atomic E-state index is -0.626. The number of rotatable bonds is 2. The Balaban J connectivity index is 1.78. The number of carbonyl (C=O) groups is 2. The molecule has 0 bridgehead atoms. The number of fused-ring (bicyclic) bond motifs is 1. The Labute approximate surface area is 145 Å². The highest BCUT2D eigenvalue weighted by Gasteiger charge is 2.31. The summed E-state index contributed by atoms with van der Waals surface area (Å²) >= 11 is 0. The third kappa shape index (κ3) is 2.68. The SMILES string of the molecule is Cn1c(=O)n([C@@H]2CCC(=O)NC2=O)c2ccc(C3CCNCC3)cc21. The van der Waals surface area contributed by atoms with Gasteiger partial charge in [-0.25, -0.2) is 4.79 Å². The molecular formula is C18H22N4O3. The average molecular weight is 342 g/mol. The minimum absolute atomic E-state index is 0.216. The molecule has 25 heavy (non-hydrogen) atoms. The number of imide groups is 1. The number of carbonyl (C=O) groups excluding carboxylic acids is 2. The van der Waals surface area contributed by atoms with Crippen molar-refractivity contribution in [2.75, 3.05) is 13.1 Å². The van der Waals surface area contributed by atoms with Crippen LogP contribution in [-0.4, -0.2) is 34.0 Å². The molecule has 1 aromatic carbocycles. The van der Waals surface area contributed by atoms with Gasteiger partial charge in [0.15, 0.2) is 0 Å². The highest BCUT2D eigenvalue weighted by Crippen LogP contribution is 2.29. The van der Waals surface area contributed by atoms with Gasteiger partial charge in [-0.3, -0.25) is 24.0 Å². The normalized spacial score (nSPS) is 22.4. The van der Waals surface area contributed by atoms with Crippen LogP contribution in [0.15, 0.2) is 23.0 Å². The molecule has 2 amide bonds. The minimum Gasteiger partial charge on any atom is -0.317 e. The van der Waals surface area contributed by atoms with Crippen LogP contribution in [0.1, 0.15) is 43.2 Å².